The first-order valence-electron chi connectivity index (χ1n) is 12.1. The van der Waals surface area contributed by atoms with Crippen molar-refractivity contribution in [1.82, 2.24) is 4.98 Å². The molecule has 1 N–H and O–H groups in total. The lowest BCUT2D eigenvalue weighted by Gasteiger charge is -2.28. The molecular weight excluding hydrogens is 420 g/mol. The maximum atomic E-state index is 5.71. The Morgan fingerprint density at radius 2 is 1.61 bits per heavy atom. The Kier molecular flexibility index (Phi) is 6.50. The summed E-state index contributed by atoms with van der Waals surface area (Å²) in [5.41, 5.74) is 6.88. The second-order valence-corrected chi connectivity index (χ2v) is 9.57. The van der Waals surface area contributed by atoms with Crippen LogP contribution < -0.4 is 5.32 Å². The first-order valence-corrected chi connectivity index (χ1v) is 12.5. The number of thiocarbonyl (C=S) groups is 1. The normalized spacial score (nSPS) is 18.2. The Morgan fingerprint density at radius 3 is 2.33 bits per heavy atom. The maximum Gasteiger partial charge on any atom is 0.111 e. The third-order valence-corrected chi connectivity index (χ3v) is 7.48. The van der Waals surface area contributed by atoms with Crippen molar-refractivity contribution in [2.24, 2.45) is 5.92 Å². The van der Waals surface area contributed by atoms with E-state index in [-0.39, 0.29) is 0 Å². The van der Waals surface area contributed by atoms with Crippen molar-refractivity contribution in [1.29, 1.82) is 0 Å². The molecule has 0 spiro atoms. The van der Waals surface area contributed by atoms with Gasteiger partial charge in [0, 0.05) is 22.8 Å². The van der Waals surface area contributed by atoms with Crippen LogP contribution in [0.5, 0.6) is 0 Å². The van der Waals surface area contributed by atoms with Crippen LogP contribution in [-0.2, 0) is 0 Å². The molecule has 0 saturated heterocycles. The molecule has 1 aliphatic carbocycles. The number of nitrogens with one attached hydrogen (secondary N) is 1. The number of pyridine rings is 1. The molecule has 0 bridgehead atoms. The van der Waals surface area contributed by atoms with Gasteiger partial charge in [-0.25, -0.2) is 0 Å². The van der Waals surface area contributed by atoms with Gasteiger partial charge in [-0.05, 0) is 78.5 Å². The fraction of sp³-hybridized carbons (Fsp3) is 0.267. The highest BCUT2D eigenvalue weighted by molar-refractivity contribution is 7.81. The molecular formula is C30H30N2S. The van der Waals surface area contributed by atoms with Gasteiger partial charge in [0.15, 0.2) is 0 Å². The van der Waals surface area contributed by atoms with E-state index >= 15 is 0 Å². The standard InChI is InChI=1S/C30H30N2S/c1-2-21-8-10-22(11-9-21)23-12-14-24(15-13-23)25-16-17-27-28(18-19-31-29(27)20-25)30(33)32-26-6-4-3-5-7-26/h3-7,12-22H,2,8-11H2,1H3,(H,32,33). The van der Waals surface area contributed by atoms with Crippen LogP contribution in [0.15, 0.2) is 85.1 Å². The van der Waals surface area contributed by atoms with Crippen LogP contribution >= 0.6 is 12.2 Å². The average molecular weight is 451 g/mol. The van der Waals surface area contributed by atoms with Crippen LogP contribution in [0.25, 0.3) is 22.0 Å². The van der Waals surface area contributed by atoms with Gasteiger partial charge < -0.3 is 5.32 Å². The Hall–Kier alpha value is -3.04. The molecule has 33 heavy (non-hydrogen) atoms. The van der Waals surface area contributed by atoms with E-state index in [4.69, 9.17) is 12.2 Å². The van der Waals surface area contributed by atoms with Crippen molar-refractivity contribution in [2.45, 2.75) is 44.9 Å². The van der Waals surface area contributed by atoms with Crippen LogP contribution in [0, 0.1) is 5.92 Å². The van der Waals surface area contributed by atoms with Gasteiger partial charge in [-0.15, -0.1) is 0 Å². The van der Waals surface area contributed by atoms with Crippen LogP contribution in [0.2, 0.25) is 0 Å². The van der Waals surface area contributed by atoms with Crippen molar-refractivity contribution >= 4 is 33.8 Å². The Bertz CT molecular complexity index is 1240. The molecule has 1 heterocycles. The zero-order valence-corrected chi connectivity index (χ0v) is 19.9. The van der Waals surface area contributed by atoms with E-state index in [1.807, 2.05) is 42.6 Å². The predicted octanol–water partition coefficient (Wildman–Crippen LogP) is 8.37. The van der Waals surface area contributed by atoms with Crippen molar-refractivity contribution in [3.8, 4) is 11.1 Å². The largest absolute Gasteiger partial charge is 0.346 e. The zero-order valence-electron chi connectivity index (χ0n) is 19.1. The summed E-state index contributed by atoms with van der Waals surface area (Å²) in [6.07, 6.45) is 8.59. The minimum Gasteiger partial charge on any atom is -0.346 e. The maximum absolute atomic E-state index is 5.71. The lowest BCUT2D eigenvalue weighted by atomic mass is 9.77. The molecule has 1 aromatic heterocycles. The summed E-state index contributed by atoms with van der Waals surface area (Å²) in [4.78, 5) is 5.35. The Balaban J connectivity index is 1.36. The fourth-order valence-corrected chi connectivity index (χ4v) is 5.39. The smallest absolute Gasteiger partial charge is 0.111 e. The molecule has 4 aromatic rings. The van der Waals surface area contributed by atoms with Crippen LogP contribution in [0.1, 0.15) is 56.1 Å². The molecule has 2 nitrogen and oxygen atoms in total. The van der Waals surface area contributed by atoms with Crippen LogP contribution in [0.3, 0.4) is 0 Å². The third-order valence-electron chi connectivity index (χ3n) is 7.16. The van der Waals surface area contributed by atoms with Crippen molar-refractivity contribution in [2.75, 3.05) is 5.32 Å². The van der Waals surface area contributed by atoms with E-state index in [9.17, 15) is 0 Å². The molecule has 1 fully saturated rings. The second-order valence-electron chi connectivity index (χ2n) is 9.16. The number of para-hydroxylation sites is 1. The van der Waals surface area contributed by atoms with Gasteiger partial charge in [0.2, 0.25) is 0 Å². The Labute approximate surface area is 202 Å². The minimum absolute atomic E-state index is 0.712. The summed E-state index contributed by atoms with van der Waals surface area (Å²) in [6, 6.07) is 27.7. The molecule has 1 saturated carbocycles. The number of hydrogen-bond acceptors (Lipinski definition) is 2. The fourth-order valence-electron chi connectivity index (χ4n) is 5.10. The number of hydrogen-bond donors (Lipinski definition) is 1. The highest BCUT2D eigenvalue weighted by Gasteiger charge is 2.21. The summed E-state index contributed by atoms with van der Waals surface area (Å²) in [5.74, 6) is 1.66. The molecule has 166 valence electrons. The molecule has 0 radical (unpaired) electrons. The molecule has 0 aliphatic heterocycles. The third kappa shape index (κ3) is 4.84. The SMILES string of the molecule is CCC1CCC(c2ccc(-c3ccc4c(C(=S)Nc5ccccc5)ccnc4c3)cc2)CC1. The highest BCUT2D eigenvalue weighted by atomic mass is 32.1. The monoisotopic (exact) mass is 450 g/mol. The van der Waals surface area contributed by atoms with Gasteiger partial charge in [0.25, 0.3) is 0 Å². The molecule has 3 aromatic carbocycles. The number of fused-ring (bicyclic) bond motifs is 1. The average Bonchev–Trinajstić information content (AvgIpc) is 2.89. The number of benzene rings is 3. The van der Waals surface area contributed by atoms with E-state index in [2.05, 4.69) is 59.7 Å². The first kappa shape index (κ1) is 21.8. The molecule has 0 unspecified atom stereocenters. The molecule has 5 rings (SSSR count). The Morgan fingerprint density at radius 1 is 0.879 bits per heavy atom. The van der Waals surface area contributed by atoms with Gasteiger partial charge in [0.1, 0.15) is 4.99 Å². The quantitative estimate of drug-likeness (QED) is 0.309. The van der Waals surface area contributed by atoms with Gasteiger partial charge in [-0.1, -0.05) is 80.2 Å². The van der Waals surface area contributed by atoms with E-state index < -0.39 is 0 Å². The topological polar surface area (TPSA) is 24.9 Å². The molecule has 3 heteroatoms. The molecule has 0 amide bonds. The van der Waals surface area contributed by atoms with E-state index in [1.165, 1.54) is 48.8 Å². The zero-order chi connectivity index (χ0) is 22.6. The lowest BCUT2D eigenvalue weighted by Crippen LogP contribution is -2.12. The van der Waals surface area contributed by atoms with E-state index in [1.54, 1.807) is 0 Å². The molecule has 0 atom stereocenters. The number of nitrogens with zero attached hydrogens (tertiary/aromatic N) is 1. The van der Waals surface area contributed by atoms with Crippen LogP contribution in [0.4, 0.5) is 5.69 Å². The first-order chi connectivity index (χ1) is 16.2. The van der Waals surface area contributed by atoms with Crippen molar-refractivity contribution < 1.29 is 0 Å². The van der Waals surface area contributed by atoms with Crippen molar-refractivity contribution in [3.63, 3.8) is 0 Å². The highest BCUT2D eigenvalue weighted by Crippen LogP contribution is 2.37. The van der Waals surface area contributed by atoms with Gasteiger partial charge >= 0.3 is 0 Å². The molecule has 1 aliphatic rings. The lowest BCUT2D eigenvalue weighted by molar-refractivity contribution is 0.319. The van der Waals surface area contributed by atoms with E-state index in [0.717, 1.165) is 34.0 Å². The van der Waals surface area contributed by atoms with Gasteiger partial charge in [-0.3, -0.25) is 4.98 Å². The minimum atomic E-state index is 0.712. The summed E-state index contributed by atoms with van der Waals surface area (Å²) in [7, 11) is 0. The van der Waals surface area contributed by atoms with Gasteiger partial charge in [0.05, 0.1) is 5.52 Å². The summed E-state index contributed by atoms with van der Waals surface area (Å²) in [6.45, 7) is 2.33. The van der Waals surface area contributed by atoms with E-state index in [0.29, 0.717) is 4.99 Å². The van der Waals surface area contributed by atoms with Crippen molar-refractivity contribution in [3.05, 3.63) is 96.2 Å². The number of aromatic nitrogens is 1. The summed E-state index contributed by atoms with van der Waals surface area (Å²) >= 11 is 5.71. The summed E-state index contributed by atoms with van der Waals surface area (Å²) in [5, 5.41) is 4.41. The number of anilines is 1. The predicted molar refractivity (Wildman–Crippen MR) is 144 cm³/mol. The van der Waals surface area contributed by atoms with Crippen LogP contribution in [-0.4, -0.2) is 9.97 Å². The number of rotatable bonds is 5. The summed E-state index contributed by atoms with van der Waals surface area (Å²) < 4.78 is 0. The second kappa shape index (κ2) is 9.84. The van der Waals surface area contributed by atoms with Gasteiger partial charge in [-0.2, -0.15) is 0 Å².